The highest BCUT2D eigenvalue weighted by atomic mass is 32.2. The van der Waals surface area contributed by atoms with Crippen LogP contribution >= 0.6 is 0 Å². The van der Waals surface area contributed by atoms with E-state index in [0.717, 1.165) is 12.8 Å². The number of carbonyl (C=O) groups excluding carboxylic acids is 2. The molecule has 0 saturated carbocycles. The molecule has 148 valence electrons. The van der Waals surface area contributed by atoms with Gasteiger partial charge in [-0.2, -0.15) is 4.31 Å². The molecular formula is C17H21NO7S2. The lowest BCUT2D eigenvalue weighted by Crippen LogP contribution is -2.27. The first-order chi connectivity index (χ1) is 12.7. The van der Waals surface area contributed by atoms with Crippen LogP contribution in [0.4, 0.5) is 0 Å². The van der Waals surface area contributed by atoms with Crippen molar-refractivity contribution in [2.45, 2.75) is 24.2 Å². The van der Waals surface area contributed by atoms with Crippen molar-refractivity contribution in [2.24, 2.45) is 5.92 Å². The van der Waals surface area contributed by atoms with Crippen molar-refractivity contribution in [3.8, 4) is 0 Å². The largest absolute Gasteiger partial charge is 0.457 e. The average Bonchev–Trinajstić information content (AvgIpc) is 3.29. The van der Waals surface area contributed by atoms with Gasteiger partial charge >= 0.3 is 5.97 Å². The maximum atomic E-state index is 12.5. The molecular weight excluding hydrogens is 394 g/mol. The molecule has 0 aliphatic carbocycles. The normalized spacial score (nSPS) is 22.6. The SMILES string of the molecule is O=C(COC(=O)C1CCS(=O)(=O)C1)c1ccc(S(=O)(=O)N2CCCC2)cc1. The van der Waals surface area contributed by atoms with Crippen LogP contribution in [0.15, 0.2) is 29.2 Å². The zero-order valence-electron chi connectivity index (χ0n) is 14.7. The molecule has 2 fully saturated rings. The number of sulfone groups is 1. The Hall–Kier alpha value is -1.78. The minimum Gasteiger partial charge on any atom is -0.457 e. The third kappa shape index (κ3) is 4.56. The molecule has 2 heterocycles. The Balaban J connectivity index is 1.58. The van der Waals surface area contributed by atoms with Crippen LogP contribution in [0.1, 0.15) is 29.6 Å². The molecule has 2 aliphatic heterocycles. The van der Waals surface area contributed by atoms with Gasteiger partial charge in [-0.05, 0) is 43.5 Å². The van der Waals surface area contributed by atoms with Gasteiger partial charge in [0.15, 0.2) is 22.2 Å². The van der Waals surface area contributed by atoms with Crippen molar-refractivity contribution in [3.63, 3.8) is 0 Å². The lowest BCUT2D eigenvalue weighted by Gasteiger charge is -2.15. The lowest BCUT2D eigenvalue weighted by molar-refractivity contribution is -0.146. The molecule has 0 aromatic heterocycles. The van der Waals surface area contributed by atoms with Crippen LogP contribution in [0.2, 0.25) is 0 Å². The lowest BCUT2D eigenvalue weighted by atomic mass is 10.1. The van der Waals surface area contributed by atoms with Crippen LogP contribution in [0.3, 0.4) is 0 Å². The van der Waals surface area contributed by atoms with Gasteiger partial charge in [0.05, 0.1) is 22.3 Å². The van der Waals surface area contributed by atoms with Gasteiger partial charge in [-0.1, -0.05) is 0 Å². The Bertz CT molecular complexity index is 930. The smallest absolute Gasteiger partial charge is 0.310 e. The van der Waals surface area contributed by atoms with E-state index in [1.54, 1.807) is 0 Å². The number of ketones is 1. The molecule has 3 rings (SSSR count). The van der Waals surface area contributed by atoms with Crippen molar-refractivity contribution >= 4 is 31.6 Å². The van der Waals surface area contributed by atoms with E-state index in [2.05, 4.69) is 0 Å². The Labute approximate surface area is 158 Å². The fourth-order valence-corrected chi connectivity index (χ4v) is 6.45. The first-order valence-electron chi connectivity index (χ1n) is 8.69. The number of ether oxygens (including phenoxy) is 1. The Morgan fingerprint density at radius 3 is 2.30 bits per heavy atom. The predicted octanol–water partition coefficient (Wildman–Crippen LogP) is 0.632. The van der Waals surface area contributed by atoms with E-state index in [1.165, 1.54) is 28.6 Å². The maximum absolute atomic E-state index is 12.5. The molecule has 8 nitrogen and oxygen atoms in total. The number of esters is 1. The van der Waals surface area contributed by atoms with Gasteiger partial charge in [0.25, 0.3) is 0 Å². The molecule has 0 spiro atoms. The molecule has 0 radical (unpaired) electrons. The maximum Gasteiger partial charge on any atom is 0.310 e. The fraction of sp³-hybridized carbons (Fsp3) is 0.529. The number of sulfonamides is 1. The minimum atomic E-state index is -3.55. The number of nitrogens with zero attached hydrogens (tertiary/aromatic N) is 1. The second kappa shape index (κ2) is 7.69. The van der Waals surface area contributed by atoms with Crippen molar-refractivity contribution in [2.75, 3.05) is 31.2 Å². The van der Waals surface area contributed by atoms with Crippen LogP contribution in [0.25, 0.3) is 0 Å². The minimum absolute atomic E-state index is 0.0479. The van der Waals surface area contributed by atoms with E-state index in [1.807, 2.05) is 0 Å². The zero-order valence-corrected chi connectivity index (χ0v) is 16.3. The topological polar surface area (TPSA) is 115 Å². The van der Waals surface area contributed by atoms with Gasteiger partial charge < -0.3 is 4.74 Å². The average molecular weight is 415 g/mol. The number of Topliss-reactive ketones (excluding diaryl/α,β-unsaturated/α-hetero) is 1. The van der Waals surface area contributed by atoms with Crippen molar-refractivity contribution in [1.82, 2.24) is 4.31 Å². The number of benzene rings is 1. The van der Waals surface area contributed by atoms with E-state index in [0.29, 0.717) is 13.1 Å². The quantitative estimate of drug-likeness (QED) is 0.494. The van der Waals surface area contributed by atoms with E-state index in [-0.39, 0.29) is 28.4 Å². The predicted molar refractivity (Wildman–Crippen MR) is 96.5 cm³/mol. The Morgan fingerprint density at radius 2 is 1.74 bits per heavy atom. The van der Waals surface area contributed by atoms with Gasteiger partial charge in [0.1, 0.15) is 0 Å². The van der Waals surface area contributed by atoms with Crippen LogP contribution in [-0.4, -0.2) is 64.1 Å². The standard InChI is InChI=1S/C17H21NO7S2/c19-16(11-25-17(20)14-7-10-26(21,22)12-14)13-3-5-15(6-4-13)27(23,24)18-8-1-2-9-18/h3-6,14H,1-2,7-12H2. The second-order valence-corrected chi connectivity index (χ2v) is 10.9. The molecule has 1 aromatic carbocycles. The van der Waals surface area contributed by atoms with E-state index in [9.17, 15) is 26.4 Å². The molecule has 2 aliphatic rings. The third-order valence-corrected chi connectivity index (χ3v) is 8.47. The first-order valence-corrected chi connectivity index (χ1v) is 12.0. The highest BCUT2D eigenvalue weighted by molar-refractivity contribution is 7.91. The van der Waals surface area contributed by atoms with Crippen molar-refractivity contribution in [3.05, 3.63) is 29.8 Å². The van der Waals surface area contributed by atoms with E-state index < -0.39 is 44.1 Å². The summed E-state index contributed by atoms with van der Waals surface area (Å²) in [5, 5.41) is 0. The Morgan fingerprint density at radius 1 is 1.11 bits per heavy atom. The zero-order chi connectivity index (χ0) is 19.7. The molecule has 0 N–H and O–H groups in total. The summed E-state index contributed by atoms with van der Waals surface area (Å²) in [5.41, 5.74) is 0.224. The second-order valence-electron chi connectivity index (χ2n) is 6.77. The van der Waals surface area contributed by atoms with Gasteiger partial charge in [0, 0.05) is 18.7 Å². The molecule has 1 atom stereocenters. The molecule has 0 bridgehead atoms. The van der Waals surface area contributed by atoms with Crippen LogP contribution in [-0.2, 0) is 29.4 Å². The van der Waals surface area contributed by atoms with E-state index >= 15 is 0 Å². The number of hydrogen-bond acceptors (Lipinski definition) is 7. The summed E-state index contributed by atoms with van der Waals surface area (Å²) in [4.78, 5) is 24.2. The molecule has 10 heteroatoms. The number of rotatable bonds is 6. The molecule has 27 heavy (non-hydrogen) atoms. The molecule has 0 amide bonds. The van der Waals surface area contributed by atoms with E-state index in [4.69, 9.17) is 4.74 Å². The highest BCUT2D eigenvalue weighted by Gasteiger charge is 2.34. The van der Waals surface area contributed by atoms with Crippen LogP contribution < -0.4 is 0 Å². The van der Waals surface area contributed by atoms with Crippen molar-refractivity contribution < 1.29 is 31.2 Å². The summed E-state index contributed by atoms with van der Waals surface area (Å²) in [6.07, 6.45) is 1.88. The fourth-order valence-electron chi connectivity index (χ4n) is 3.21. The third-order valence-electron chi connectivity index (χ3n) is 4.79. The van der Waals surface area contributed by atoms with Gasteiger partial charge in [0.2, 0.25) is 10.0 Å². The monoisotopic (exact) mass is 415 g/mol. The van der Waals surface area contributed by atoms with Crippen LogP contribution in [0, 0.1) is 5.92 Å². The summed E-state index contributed by atoms with van der Waals surface area (Å²) >= 11 is 0. The Kier molecular flexibility index (Phi) is 5.68. The van der Waals surface area contributed by atoms with Crippen LogP contribution in [0.5, 0.6) is 0 Å². The summed E-state index contributed by atoms with van der Waals surface area (Å²) < 4.78 is 54.0. The summed E-state index contributed by atoms with van der Waals surface area (Å²) in [6.45, 7) is 0.485. The van der Waals surface area contributed by atoms with Crippen molar-refractivity contribution in [1.29, 1.82) is 0 Å². The van der Waals surface area contributed by atoms with Gasteiger partial charge in [-0.15, -0.1) is 0 Å². The molecule has 2 saturated heterocycles. The number of hydrogen-bond donors (Lipinski definition) is 0. The summed E-state index contributed by atoms with van der Waals surface area (Å²) in [5.74, 6) is -2.20. The highest BCUT2D eigenvalue weighted by Crippen LogP contribution is 2.22. The van der Waals surface area contributed by atoms with Gasteiger partial charge in [-0.3, -0.25) is 9.59 Å². The van der Waals surface area contributed by atoms with Gasteiger partial charge in [-0.25, -0.2) is 16.8 Å². The summed E-state index contributed by atoms with van der Waals surface area (Å²) in [7, 11) is -6.75. The first kappa shape index (κ1) is 20.0. The number of carbonyl (C=O) groups is 2. The summed E-state index contributed by atoms with van der Waals surface area (Å²) in [6, 6.07) is 5.51. The molecule has 1 aromatic rings. The molecule has 1 unspecified atom stereocenters.